The number of amides is 1. The highest BCUT2D eigenvalue weighted by atomic mass is 35.5. The van der Waals surface area contributed by atoms with E-state index in [9.17, 15) is 27.6 Å². The van der Waals surface area contributed by atoms with Crippen molar-refractivity contribution < 1.29 is 41.8 Å². The molecule has 1 fully saturated rings. The van der Waals surface area contributed by atoms with Crippen LogP contribution in [0.15, 0.2) is 30.6 Å². The molecule has 0 unspecified atom stereocenters. The largest absolute Gasteiger partial charge is 0.573 e. The fourth-order valence-electron chi connectivity index (χ4n) is 4.16. The SMILES string of the molecule is CCOC(=O)C1CCN(c2cnc(C(=O)Nc3nc(-c4cc(Cl)cc(OC(F)(F)F)c4)c(COC(C)=O)s3)cn2)CC1. The molecule has 1 saturated heterocycles. The second-order valence-corrected chi connectivity index (χ2v) is 10.5. The zero-order chi connectivity index (χ0) is 30.4. The van der Waals surface area contributed by atoms with Gasteiger partial charge in [0.15, 0.2) is 5.13 Å². The van der Waals surface area contributed by atoms with Crippen LogP contribution in [-0.2, 0) is 25.7 Å². The maximum absolute atomic E-state index is 12.9. The number of nitrogens with zero attached hydrogens (tertiary/aromatic N) is 4. The maximum Gasteiger partial charge on any atom is 0.573 e. The fraction of sp³-hybridized carbons (Fsp3) is 0.385. The fourth-order valence-corrected chi connectivity index (χ4v) is 5.27. The number of carbonyl (C=O) groups excluding carboxylic acids is 3. The minimum atomic E-state index is -4.95. The molecule has 0 aliphatic carbocycles. The van der Waals surface area contributed by atoms with Crippen molar-refractivity contribution in [1.82, 2.24) is 15.0 Å². The van der Waals surface area contributed by atoms with Gasteiger partial charge in [0.05, 0.1) is 35.5 Å². The van der Waals surface area contributed by atoms with Gasteiger partial charge in [0, 0.05) is 30.6 Å². The second-order valence-electron chi connectivity index (χ2n) is 9.02. The van der Waals surface area contributed by atoms with E-state index in [1.807, 2.05) is 4.90 Å². The van der Waals surface area contributed by atoms with E-state index in [0.29, 0.717) is 43.2 Å². The van der Waals surface area contributed by atoms with Crippen molar-refractivity contribution in [2.24, 2.45) is 5.92 Å². The molecule has 1 amide bonds. The van der Waals surface area contributed by atoms with Gasteiger partial charge >= 0.3 is 18.3 Å². The van der Waals surface area contributed by atoms with E-state index in [4.69, 9.17) is 21.1 Å². The number of hydrogen-bond donors (Lipinski definition) is 1. The first-order valence-corrected chi connectivity index (χ1v) is 13.9. The Labute approximate surface area is 247 Å². The van der Waals surface area contributed by atoms with Crippen LogP contribution in [0, 0.1) is 5.92 Å². The molecule has 224 valence electrons. The average Bonchev–Trinajstić information content (AvgIpc) is 3.33. The summed E-state index contributed by atoms with van der Waals surface area (Å²) in [6.45, 7) is 4.21. The first kappa shape index (κ1) is 31.0. The molecular formula is C26H25ClF3N5O6S. The Bertz CT molecular complexity index is 1450. The molecule has 4 rings (SSSR count). The smallest absolute Gasteiger partial charge is 0.466 e. The number of hydrogen-bond acceptors (Lipinski definition) is 11. The first-order chi connectivity index (χ1) is 19.9. The van der Waals surface area contributed by atoms with Crippen molar-refractivity contribution in [1.29, 1.82) is 0 Å². The van der Waals surface area contributed by atoms with Crippen LogP contribution in [-0.4, -0.2) is 58.9 Å². The Morgan fingerprint density at radius 3 is 2.48 bits per heavy atom. The third-order valence-electron chi connectivity index (χ3n) is 6.01. The Kier molecular flexibility index (Phi) is 9.83. The zero-order valence-electron chi connectivity index (χ0n) is 22.4. The summed E-state index contributed by atoms with van der Waals surface area (Å²) in [5, 5.41) is 2.61. The summed E-state index contributed by atoms with van der Waals surface area (Å²) in [6.07, 6.45) is -0.969. The number of alkyl halides is 3. The Morgan fingerprint density at radius 1 is 1.12 bits per heavy atom. The topological polar surface area (TPSA) is 133 Å². The summed E-state index contributed by atoms with van der Waals surface area (Å²) in [5.74, 6) is -1.62. The Balaban J connectivity index is 1.48. The molecule has 42 heavy (non-hydrogen) atoms. The van der Waals surface area contributed by atoms with E-state index in [1.165, 1.54) is 25.4 Å². The predicted molar refractivity (Wildman–Crippen MR) is 146 cm³/mol. The van der Waals surface area contributed by atoms with E-state index in [0.717, 1.165) is 23.5 Å². The van der Waals surface area contributed by atoms with Crippen molar-refractivity contribution >= 4 is 51.7 Å². The lowest BCUT2D eigenvalue weighted by Crippen LogP contribution is -2.37. The lowest BCUT2D eigenvalue weighted by atomic mass is 9.97. The van der Waals surface area contributed by atoms with Crippen molar-refractivity contribution in [2.45, 2.75) is 39.7 Å². The van der Waals surface area contributed by atoms with Gasteiger partial charge in [-0.25, -0.2) is 15.0 Å². The van der Waals surface area contributed by atoms with Gasteiger partial charge in [0.2, 0.25) is 0 Å². The number of carbonyl (C=O) groups is 3. The normalized spacial score (nSPS) is 13.9. The molecule has 0 saturated carbocycles. The number of thiazole rings is 1. The van der Waals surface area contributed by atoms with Crippen LogP contribution < -0.4 is 15.0 Å². The number of benzene rings is 1. The summed E-state index contributed by atoms with van der Waals surface area (Å²) in [5.41, 5.74) is 0.275. The van der Waals surface area contributed by atoms with Gasteiger partial charge < -0.3 is 19.1 Å². The molecular weight excluding hydrogens is 603 g/mol. The molecule has 1 aromatic carbocycles. The third kappa shape index (κ3) is 8.28. The van der Waals surface area contributed by atoms with Gasteiger partial charge in [0.25, 0.3) is 5.91 Å². The standard InChI is InChI=1S/C26H25ClF3N5O6S/c1-3-39-24(38)15-4-6-35(7-5-15)21-12-31-19(11-32-21)23(37)34-25-33-22(20(42-25)13-40-14(2)36)16-8-17(27)10-18(9-16)41-26(28,29)30/h8-12,15H,3-7,13H2,1-2H3,(H,33,34,37). The molecule has 1 N–H and O–H groups in total. The van der Waals surface area contributed by atoms with Crippen molar-refractivity contribution in [2.75, 3.05) is 29.9 Å². The molecule has 0 atom stereocenters. The molecule has 3 heterocycles. The number of ether oxygens (including phenoxy) is 3. The van der Waals surface area contributed by atoms with Crippen molar-refractivity contribution in [3.8, 4) is 17.0 Å². The minimum absolute atomic E-state index is 0.0120. The molecule has 0 bridgehead atoms. The zero-order valence-corrected chi connectivity index (χ0v) is 23.9. The number of halogens is 4. The summed E-state index contributed by atoms with van der Waals surface area (Å²) >= 11 is 6.97. The molecule has 1 aliphatic rings. The summed E-state index contributed by atoms with van der Waals surface area (Å²) < 4.78 is 52.5. The quantitative estimate of drug-likeness (QED) is 0.314. The first-order valence-electron chi connectivity index (χ1n) is 12.7. The number of nitrogens with one attached hydrogen (secondary N) is 1. The summed E-state index contributed by atoms with van der Waals surface area (Å²) in [4.78, 5) is 51.4. The summed E-state index contributed by atoms with van der Waals surface area (Å²) in [6, 6.07) is 3.43. The molecule has 11 nitrogen and oxygen atoms in total. The van der Waals surface area contributed by atoms with Crippen LogP contribution in [0.1, 0.15) is 42.1 Å². The van der Waals surface area contributed by atoms with E-state index in [2.05, 4.69) is 25.0 Å². The Hall–Kier alpha value is -3.98. The molecule has 0 spiro atoms. The van der Waals surface area contributed by atoms with Crippen LogP contribution in [0.2, 0.25) is 5.02 Å². The van der Waals surface area contributed by atoms with Crippen LogP contribution in [0.5, 0.6) is 5.75 Å². The summed E-state index contributed by atoms with van der Waals surface area (Å²) in [7, 11) is 0. The predicted octanol–water partition coefficient (Wildman–Crippen LogP) is 5.25. The maximum atomic E-state index is 12.9. The van der Waals surface area contributed by atoms with E-state index in [-0.39, 0.29) is 45.6 Å². The van der Waals surface area contributed by atoms with Gasteiger partial charge in [-0.2, -0.15) is 0 Å². The van der Waals surface area contributed by atoms with Gasteiger partial charge in [0.1, 0.15) is 23.9 Å². The van der Waals surface area contributed by atoms with Crippen LogP contribution in [0.25, 0.3) is 11.3 Å². The molecule has 3 aromatic rings. The molecule has 1 aliphatic heterocycles. The number of esters is 2. The highest BCUT2D eigenvalue weighted by molar-refractivity contribution is 7.16. The highest BCUT2D eigenvalue weighted by Gasteiger charge is 2.32. The van der Waals surface area contributed by atoms with E-state index < -0.39 is 24.0 Å². The number of anilines is 2. The Morgan fingerprint density at radius 2 is 1.86 bits per heavy atom. The minimum Gasteiger partial charge on any atom is -0.466 e. The monoisotopic (exact) mass is 627 g/mol. The van der Waals surface area contributed by atoms with E-state index in [1.54, 1.807) is 6.92 Å². The van der Waals surface area contributed by atoms with Gasteiger partial charge in [-0.1, -0.05) is 22.9 Å². The van der Waals surface area contributed by atoms with Gasteiger partial charge in [-0.3, -0.25) is 19.7 Å². The van der Waals surface area contributed by atoms with Crippen LogP contribution in [0.4, 0.5) is 24.1 Å². The van der Waals surface area contributed by atoms with Crippen molar-refractivity contribution in [3.63, 3.8) is 0 Å². The number of aromatic nitrogens is 3. The van der Waals surface area contributed by atoms with Crippen LogP contribution >= 0.6 is 22.9 Å². The lowest BCUT2D eigenvalue weighted by Gasteiger charge is -2.31. The second kappa shape index (κ2) is 13.3. The third-order valence-corrected chi connectivity index (χ3v) is 7.17. The number of piperidine rings is 1. The number of rotatable bonds is 9. The molecule has 2 aromatic heterocycles. The van der Waals surface area contributed by atoms with Gasteiger partial charge in [-0.15, -0.1) is 13.2 Å². The molecule has 0 radical (unpaired) electrons. The van der Waals surface area contributed by atoms with E-state index >= 15 is 0 Å². The average molecular weight is 628 g/mol. The highest BCUT2D eigenvalue weighted by Crippen LogP contribution is 2.36. The van der Waals surface area contributed by atoms with Crippen LogP contribution in [0.3, 0.4) is 0 Å². The van der Waals surface area contributed by atoms with Gasteiger partial charge in [-0.05, 0) is 38.0 Å². The molecule has 16 heteroatoms. The lowest BCUT2D eigenvalue weighted by molar-refractivity contribution is -0.274. The van der Waals surface area contributed by atoms with Crippen molar-refractivity contribution in [3.05, 3.63) is 46.2 Å².